The normalized spacial score (nSPS) is 18.3. The molecule has 1 aliphatic rings. The maximum absolute atomic E-state index is 6.18. The van der Waals surface area contributed by atoms with Gasteiger partial charge in [-0.1, -0.05) is 0 Å². The number of nitrogens with two attached hydrogens (primary N) is 1. The monoisotopic (exact) mass is 233 g/mol. The van der Waals surface area contributed by atoms with Crippen LogP contribution in [-0.2, 0) is 0 Å². The predicted molar refractivity (Wildman–Crippen MR) is 68.9 cm³/mol. The van der Waals surface area contributed by atoms with Crippen molar-refractivity contribution >= 4 is 27.2 Å². The van der Waals surface area contributed by atoms with E-state index in [4.69, 9.17) is 5.73 Å². The highest BCUT2D eigenvalue weighted by Gasteiger charge is 2.32. The fourth-order valence-electron chi connectivity index (χ4n) is 2.10. The Morgan fingerprint density at radius 1 is 1.44 bits per heavy atom. The first kappa shape index (κ1) is 10.1. The lowest BCUT2D eigenvalue weighted by Gasteiger charge is -2.38. The first-order valence-electron chi connectivity index (χ1n) is 5.62. The Morgan fingerprint density at radius 3 is 3.06 bits per heavy atom. The Morgan fingerprint density at radius 2 is 2.31 bits per heavy atom. The number of nitrogens with zero attached hydrogens (tertiary/aromatic N) is 1. The molecule has 0 spiro atoms. The summed E-state index contributed by atoms with van der Waals surface area (Å²) in [6.07, 6.45) is 5.36. The van der Waals surface area contributed by atoms with E-state index < -0.39 is 0 Å². The van der Waals surface area contributed by atoms with Gasteiger partial charge >= 0.3 is 0 Å². The zero-order valence-corrected chi connectivity index (χ0v) is 9.89. The van der Waals surface area contributed by atoms with Crippen LogP contribution in [0.2, 0.25) is 0 Å². The van der Waals surface area contributed by atoms with Gasteiger partial charge in [0.15, 0.2) is 0 Å². The third-order valence-corrected chi connectivity index (χ3v) is 4.22. The highest BCUT2D eigenvalue weighted by atomic mass is 32.1. The summed E-state index contributed by atoms with van der Waals surface area (Å²) >= 11 is 1.74. The smallest absolute Gasteiger partial charge is 0.134 e. The Labute approximate surface area is 98.7 Å². The molecule has 0 radical (unpaired) electrons. The number of anilines is 1. The van der Waals surface area contributed by atoms with Crippen LogP contribution in [0.5, 0.6) is 0 Å². The molecule has 3 rings (SSSR count). The van der Waals surface area contributed by atoms with Crippen molar-refractivity contribution in [2.45, 2.75) is 24.8 Å². The van der Waals surface area contributed by atoms with Crippen LogP contribution in [0.3, 0.4) is 0 Å². The first-order chi connectivity index (χ1) is 7.77. The van der Waals surface area contributed by atoms with Gasteiger partial charge in [-0.05, 0) is 36.8 Å². The first-order valence-corrected chi connectivity index (χ1v) is 6.50. The van der Waals surface area contributed by atoms with E-state index in [1.165, 1.54) is 16.5 Å². The summed E-state index contributed by atoms with van der Waals surface area (Å²) in [5, 5.41) is 6.69. The standard InChI is InChI=1S/C12H15N3S/c13-12(4-1-5-12)8-15-11-9-3-7-16-10(9)2-6-14-11/h2-3,6-7H,1,4-5,8,13H2,(H,14,15). The maximum atomic E-state index is 6.18. The summed E-state index contributed by atoms with van der Waals surface area (Å²) < 4.78 is 1.28. The van der Waals surface area contributed by atoms with Gasteiger partial charge in [-0.2, -0.15) is 0 Å². The van der Waals surface area contributed by atoms with E-state index >= 15 is 0 Å². The third kappa shape index (κ3) is 1.68. The Bertz CT molecular complexity index is 502. The predicted octanol–water partition coefficient (Wildman–Crippen LogP) is 2.59. The van der Waals surface area contributed by atoms with E-state index in [0.29, 0.717) is 0 Å². The molecular formula is C12H15N3S. The second kappa shape index (κ2) is 3.71. The molecule has 0 aliphatic heterocycles. The minimum Gasteiger partial charge on any atom is -0.368 e. The molecule has 16 heavy (non-hydrogen) atoms. The molecule has 0 aromatic carbocycles. The third-order valence-electron chi connectivity index (χ3n) is 3.34. The van der Waals surface area contributed by atoms with Crippen molar-refractivity contribution in [1.29, 1.82) is 0 Å². The largest absolute Gasteiger partial charge is 0.368 e. The van der Waals surface area contributed by atoms with Gasteiger partial charge < -0.3 is 11.1 Å². The highest BCUT2D eigenvalue weighted by molar-refractivity contribution is 7.17. The minimum absolute atomic E-state index is 0.000133. The molecule has 4 heteroatoms. The van der Waals surface area contributed by atoms with Gasteiger partial charge in [-0.15, -0.1) is 11.3 Å². The number of fused-ring (bicyclic) bond motifs is 1. The summed E-state index contributed by atoms with van der Waals surface area (Å²) in [5.74, 6) is 0.968. The molecule has 3 nitrogen and oxygen atoms in total. The number of aromatic nitrogens is 1. The number of pyridine rings is 1. The van der Waals surface area contributed by atoms with Crippen LogP contribution in [-0.4, -0.2) is 17.1 Å². The molecule has 2 heterocycles. The van der Waals surface area contributed by atoms with Gasteiger partial charge in [0, 0.05) is 28.4 Å². The van der Waals surface area contributed by atoms with Crippen molar-refractivity contribution in [2.75, 3.05) is 11.9 Å². The Hall–Kier alpha value is -1.13. The molecule has 0 saturated heterocycles. The molecule has 0 atom stereocenters. The van der Waals surface area contributed by atoms with E-state index in [9.17, 15) is 0 Å². The summed E-state index contributed by atoms with van der Waals surface area (Å²) in [6, 6.07) is 4.16. The van der Waals surface area contributed by atoms with Crippen LogP contribution in [0.15, 0.2) is 23.7 Å². The van der Waals surface area contributed by atoms with Crippen LogP contribution in [0.4, 0.5) is 5.82 Å². The lowest BCUT2D eigenvalue weighted by molar-refractivity contribution is 0.265. The van der Waals surface area contributed by atoms with Gasteiger partial charge in [0.25, 0.3) is 0 Å². The molecular weight excluding hydrogens is 218 g/mol. The van der Waals surface area contributed by atoms with Crippen LogP contribution in [0.25, 0.3) is 10.1 Å². The molecule has 2 aromatic rings. The molecule has 1 fully saturated rings. The number of hydrogen-bond donors (Lipinski definition) is 2. The lowest BCUT2D eigenvalue weighted by Crippen LogP contribution is -2.52. The fraction of sp³-hybridized carbons (Fsp3) is 0.417. The molecule has 3 N–H and O–H groups in total. The average molecular weight is 233 g/mol. The Kier molecular flexibility index (Phi) is 2.33. The van der Waals surface area contributed by atoms with Crippen molar-refractivity contribution in [3.8, 4) is 0 Å². The second-order valence-corrected chi connectivity index (χ2v) is 5.51. The molecule has 1 aliphatic carbocycles. The van der Waals surface area contributed by atoms with E-state index in [1.807, 2.05) is 12.3 Å². The van der Waals surface area contributed by atoms with Crippen LogP contribution in [0.1, 0.15) is 19.3 Å². The summed E-state index contributed by atoms with van der Waals surface area (Å²) in [7, 11) is 0. The van der Waals surface area contributed by atoms with Crippen molar-refractivity contribution in [1.82, 2.24) is 4.98 Å². The highest BCUT2D eigenvalue weighted by Crippen LogP contribution is 2.30. The van der Waals surface area contributed by atoms with E-state index in [0.717, 1.165) is 25.2 Å². The summed E-state index contributed by atoms with van der Waals surface area (Å²) in [4.78, 5) is 4.38. The quantitative estimate of drug-likeness (QED) is 0.856. The van der Waals surface area contributed by atoms with Crippen LogP contribution in [0, 0.1) is 0 Å². The fourth-order valence-corrected chi connectivity index (χ4v) is 2.88. The number of hydrogen-bond acceptors (Lipinski definition) is 4. The van der Waals surface area contributed by atoms with Crippen LogP contribution < -0.4 is 11.1 Å². The van der Waals surface area contributed by atoms with Gasteiger partial charge in [-0.3, -0.25) is 0 Å². The summed E-state index contributed by atoms with van der Waals surface area (Å²) in [6.45, 7) is 0.828. The van der Waals surface area contributed by atoms with Crippen molar-refractivity contribution in [2.24, 2.45) is 5.73 Å². The molecule has 0 amide bonds. The number of nitrogens with one attached hydrogen (secondary N) is 1. The van der Waals surface area contributed by atoms with Crippen molar-refractivity contribution in [3.05, 3.63) is 23.7 Å². The molecule has 0 unspecified atom stereocenters. The van der Waals surface area contributed by atoms with Gasteiger partial charge in [0.1, 0.15) is 5.82 Å². The van der Waals surface area contributed by atoms with E-state index in [-0.39, 0.29) is 5.54 Å². The van der Waals surface area contributed by atoms with Gasteiger partial charge in [0.2, 0.25) is 0 Å². The van der Waals surface area contributed by atoms with E-state index in [2.05, 4.69) is 21.7 Å². The molecule has 0 bridgehead atoms. The SMILES string of the molecule is NC1(CNc2nccc3sccc23)CCC1. The Balaban J connectivity index is 1.81. The lowest BCUT2D eigenvalue weighted by atomic mass is 9.78. The van der Waals surface area contributed by atoms with E-state index in [1.54, 1.807) is 11.3 Å². The second-order valence-electron chi connectivity index (χ2n) is 4.56. The van der Waals surface area contributed by atoms with Crippen LogP contribution >= 0.6 is 11.3 Å². The minimum atomic E-state index is -0.000133. The molecule has 2 aromatic heterocycles. The zero-order chi connectivity index (χ0) is 11.0. The summed E-state index contributed by atoms with van der Waals surface area (Å²) in [5.41, 5.74) is 6.18. The number of rotatable bonds is 3. The van der Waals surface area contributed by atoms with Crippen molar-refractivity contribution in [3.63, 3.8) is 0 Å². The molecule has 84 valence electrons. The van der Waals surface area contributed by atoms with Gasteiger partial charge in [0.05, 0.1) is 0 Å². The maximum Gasteiger partial charge on any atom is 0.134 e. The average Bonchev–Trinajstić information content (AvgIpc) is 2.72. The van der Waals surface area contributed by atoms with Gasteiger partial charge in [-0.25, -0.2) is 4.98 Å². The van der Waals surface area contributed by atoms with Crippen molar-refractivity contribution < 1.29 is 0 Å². The zero-order valence-electron chi connectivity index (χ0n) is 9.07. The topological polar surface area (TPSA) is 50.9 Å². The number of thiophene rings is 1. The molecule has 1 saturated carbocycles.